The Hall–Kier alpha value is -5.16. The molecular weight excluding hydrogens is 632 g/mol. The van der Waals surface area contributed by atoms with Gasteiger partial charge in [0, 0.05) is 24.1 Å². The van der Waals surface area contributed by atoms with E-state index in [1.54, 1.807) is 60.7 Å². The number of aryl methyl sites for hydroxylation is 1. The van der Waals surface area contributed by atoms with Crippen LogP contribution in [-0.4, -0.2) is 51.1 Å². The highest BCUT2D eigenvalue weighted by Gasteiger charge is 2.14. The van der Waals surface area contributed by atoms with E-state index < -0.39 is 11.9 Å². The molecule has 0 amide bonds. The number of esters is 3. The van der Waals surface area contributed by atoms with Crippen LogP contribution in [0.1, 0.15) is 84.1 Å². The molecule has 262 valence electrons. The van der Waals surface area contributed by atoms with Gasteiger partial charge in [0.1, 0.15) is 17.8 Å². The van der Waals surface area contributed by atoms with Gasteiger partial charge in [-0.3, -0.25) is 9.59 Å². The van der Waals surface area contributed by atoms with Gasteiger partial charge < -0.3 is 28.6 Å². The quantitative estimate of drug-likeness (QED) is 0.0187. The first-order chi connectivity index (χ1) is 23.8. The predicted molar refractivity (Wildman–Crippen MR) is 181 cm³/mol. The van der Waals surface area contributed by atoms with Crippen LogP contribution in [0.5, 0.6) is 28.7 Å². The van der Waals surface area contributed by atoms with Gasteiger partial charge in [0.05, 0.1) is 32.5 Å². The topological polar surface area (TPSA) is 133 Å². The zero-order valence-corrected chi connectivity index (χ0v) is 28.1. The Kier molecular flexibility index (Phi) is 16.9. The first kappa shape index (κ1) is 38.3. The van der Waals surface area contributed by atoms with Gasteiger partial charge in [0.2, 0.25) is 0 Å². The van der Waals surface area contributed by atoms with Crippen LogP contribution in [0, 0.1) is 6.92 Å². The summed E-state index contributed by atoms with van der Waals surface area (Å²) in [5, 5.41) is 0. The number of carbonyl (C=O) groups is 4. The van der Waals surface area contributed by atoms with Crippen molar-refractivity contribution in [2.45, 2.75) is 64.7 Å². The average molecular weight is 677 g/mol. The minimum absolute atomic E-state index is 0.226. The Morgan fingerprint density at radius 2 is 1.39 bits per heavy atom. The van der Waals surface area contributed by atoms with Crippen molar-refractivity contribution in [1.82, 2.24) is 0 Å². The smallest absolute Gasteiger partial charge is 0.343 e. The highest BCUT2D eigenvalue weighted by Crippen LogP contribution is 2.32. The number of ether oxygens (including phenoxy) is 5. The van der Waals surface area contributed by atoms with E-state index in [4.69, 9.17) is 33.5 Å². The fraction of sp³-hybridized carbons (Fsp3) is 0.368. The molecule has 0 heterocycles. The monoisotopic (exact) mass is 676 g/mol. The molecule has 0 unspecified atom stereocenters. The molecular formula is C38H44O11. The summed E-state index contributed by atoms with van der Waals surface area (Å²) in [6.45, 7) is 6.44. The van der Waals surface area contributed by atoms with Crippen LogP contribution in [0.4, 0.5) is 0 Å². The average Bonchev–Trinajstić information content (AvgIpc) is 3.11. The Balaban J connectivity index is 1.29. The third kappa shape index (κ3) is 14.2. The van der Waals surface area contributed by atoms with E-state index >= 15 is 0 Å². The van der Waals surface area contributed by atoms with Crippen molar-refractivity contribution in [3.8, 4) is 28.7 Å². The van der Waals surface area contributed by atoms with E-state index in [2.05, 4.69) is 6.58 Å². The molecule has 0 aliphatic rings. The summed E-state index contributed by atoms with van der Waals surface area (Å²) in [5.41, 5.74) is 1.67. The summed E-state index contributed by atoms with van der Waals surface area (Å²) < 4.78 is 26.9. The molecule has 3 aromatic carbocycles. The molecule has 49 heavy (non-hydrogen) atoms. The van der Waals surface area contributed by atoms with Crippen molar-refractivity contribution in [1.29, 1.82) is 0 Å². The maximum absolute atomic E-state index is 12.8. The molecule has 3 aromatic rings. The first-order valence-corrected chi connectivity index (χ1v) is 16.3. The summed E-state index contributed by atoms with van der Waals surface area (Å²) >= 11 is 0. The number of rotatable bonds is 23. The van der Waals surface area contributed by atoms with Crippen molar-refractivity contribution < 1.29 is 52.6 Å². The largest absolute Gasteiger partial charge is 0.494 e. The molecule has 0 bridgehead atoms. The van der Waals surface area contributed by atoms with Crippen LogP contribution in [0.25, 0.3) is 0 Å². The molecule has 0 saturated heterocycles. The van der Waals surface area contributed by atoms with Gasteiger partial charge in [-0.05, 0) is 99.5 Å². The lowest BCUT2D eigenvalue weighted by atomic mass is 10.1. The van der Waals surface area contributed by atoms with Crippen molar-refractivity contribution >= 4 is 24.2 Å². The zero-order valence-electron chi connectivity index (χ0n) is 28.1. The van der Waals surface area contributed by atoms with Gasteiger partial charge in [-0.25, -0.2) is 9.59 Å². The van der Waals surface area contributed by atoms with E-state index in [-0.39, 0.29) is 18.1 Å². The van der Waals surface area contributed by atoms with E-state index in [1.807, 2.05) is 6.92 Å². The fourth-order valence-electron chi connectivity index (χ4n) is 4.49. The van der Waals surface area contributed by atoms with E-state index in [9.17, 15) is 19.2 Å². The van der Waals surface area contributed by atoms with Crippen molar-refractivity contribution in [2.24, 2.45) is 0 Å². The van der Waals surface area contributed by atoms with Crippen LogP contribution < -0.4 is 23.8 Å². The molecule has 0 aromatic heterocycles. The van der Waals surface area contributed by atoms with E-state index in [0.29, 0.717) is 60.4 Å². The number of aldehydes is 1. The third-order valence-electron chi connectivity index (χ3n) is 7.27. The number of hydrogen-bond acceptors (Lipinski definition) is 11. The number of hydrogen-bond donors (Lipinski definition) is 0. The van der Waals surface area contributed by atoms with Gasteiger partial charge in [-0.15, -0.1) is 0 Å². The number of benzene rings is 3. The van der Waals surface area contributed by atoms with Gasteiger partial charge in [0.15, 0.2) is 17.2 Å². The van der Waals surface area contributed by atoms with Gasteiger partial charge in [-0.1, -0.05) is 25.5 Å². The molecule has 0 atom stereocenters. The third-order valence-corrected chi connectivity index (χ3v) is 7.27. The van der Waals surface area contributed by atoms with Gasteiger partial charge in [0.25, 0.3) is 0 Å². The molecule has 0 fully saturated rings. The Morgan fingerprint density at radius 1 is 0.714 bits per heavy atom. The lowest BCUT2D eigenvalue weighted by molar-refractivity contribution is -0.207. The molecule has 0 N–H and O–H groups in total. The Bertz CT molecular complexity index is 1510. The summed E-state index contributed by atoms with van der Waals surface area (Å²) in [7, 11) is 1.46. The molecule has 11 nitrogen and oxygen atoms in total. The van der Waals surface area contributed by atoms with Crippen LogP contribution in [-0.2, 0) is 19.2 Å². The normalized spacial score (nSPS) is 10.5. The highest BCUT2D eigenvalue weighted by atomic mass is 17.2. The maximum Gasteiger partial charge on any atom is 0.343 e. The second-order valence-electron chi connectivity index (χ2n) is 11.0. The zero-order chi connectivity index (χ0) is 35.3. The summed E-state index contributed by atoms with van der Waals surface area (Å²) in [4.78, 5) is 57.6. The number of methoxy groups -OCH3 is 1. The maximum atomic E-state index is 12.8. The fourth-order valence-corrected chi connectivity index (χ4v) is 4.49. The lowest BCUT2D eigenvalue weighted by Gasteiger charge is -2.12. The van der Waals surface area contributed by atoms with Crippen LogP contribution in [0.15, 0.2) is 73.3 Å². The molecule has 11 heteroatoms. The second-order valence-corrected chi connectivity index (χ2v) is 11.0. The SMILES string of the molecule is C=CC(=O)OCCCCCCOc1ccc(C(=O)Oc2ccc(OOCCCCCCC(=O)Oc3ccc(C)c(C=O)c3)cc2OC)cc1. The van der Waals surface area contributed by atoms with Crippen LogP contribution in [0.3, 0.4) is 0 Å². The minimum atomic E-state index is -0.553. The molecule has 0 aliphatic carbocycles. The van der Waals surface area contributed by atoms with Crippen LogP contribution in [0.2, 0.25) is 0 Å². The lowest BCUT2D eigenvalue weighted by Crippen LogP contribution is -2.09. The molecule has 3 rings (SSSR count). The van der Waals surface area contributed by atoms with Crippen molar-refractivity contribution in [3.05, 3.63) is 90.0 Å². The highest BCUT2D eigenvalue weighted by molar-refractivity contribution is 5.91. The van der Waals surface area contributed by atoms with Gasteiger partial charge >= 0.3 is 17.9 Å². The number of carbonyl (C=O) groups excluding carboxylic acids is 4. The van der Waals surface area contributed by atoms with Crippen LogP contribution >= 0.6 is 0 Å². The predicted octanol–water partition coefficient (Wildman–Crippen LogP) is 7.57. The minimum Gasteiger partial charge on any atom is -0.494 e. The van der Waals surface area contributed by atoms with Crippen molar-refractivity contribution in [2.75, 3.05) is 26.9 Å². The molecule has 0 aliphatic heterocycles. The van der Waals surface area contributed by atoms with E-state index in [0.717, 1.165) is 62.9 Å². The molecule has 0 spiro atoms. The van der Waals surface area contributed by atoms with E-state index in [1.165, 1.54) is 7.11 Å². The number of unbranched alkanes of at least 4 members (excludes halogenated alkanes) is 6. The Morgan fingerprint density at radius 3 is 2.10 bits per heavy atom. The summed E-state index contributed by atoms with van der Waals surface area (Å²) in [6, 6.07) is 16.4. The molecule has 0 radical (unpaired) electrons. The van der Waals surface area contributed by atoms with Gasteiger partial charge in [-0.2, -0.15) is 4.89 Å². The standard InChI is InChI=1S/C38H44O11/c1-4-36(40)45-23-11-8-7-10-22-44-31-18-15-29(16-19-31)38(42)48-34-21-20-33(26-35(34)43-3)49-46-24-12-6-5-9-13-37(41)47-32-17-14-28(2)30(25-32)27-39/h4,14-21,25-27H,1,5-13,22-24H2,2-3H3. The Labute approximate surface area is 287 Å². The second kappa shape index (κ2) is 21.7. The summed E-state index contributed by atoms with van der Waals surface area (Å²) in [6.07, 6.45) is 8.72. The van der Waals surface area contributed by atoms with Crippen molar-refractivity contribution in [3.63, 3.8) is 0 Å². The first-order valence-electron chi connectivity index (χ1n) is 16.3. The summed E-state index contributed by atoms with van der Waals surface area (Å²) in [5.74, 6) is 0.617. The molecule has 0 saturated carbocycles.